The fourth-order valence-electron chi connectivity index (χ4n) is 1.91. The molecule has 2 aromatic rings. The van der Waals surface area contributed by atoms with Gasteiger partial charge in [-0.3, -0.25) is 4.79 Å². The summed E-state index contributed by atoms with van der Waals surface area (Å²) in [5.41, 5.74) is 1.88. The maximum absolute atomic E-state index is 12.0. The van der Waals surface area contributed by atoms with E-state index in [1.165, 1.54) is 0 Å². The van der Waals surface area contributed by atoms with E-state index in [0.29, 0.717) is 11.4 Å². The Bertz CT molecular complexity index is 717. The molecule has 6 heteroatoms. The summed E-state index contributed by atoms with van der Waals surface area (Å²) in [5.74, 6) is -0.0781. The van der Waals surface area contributed by atoms with Crippen LogP contribution in [0.5, 0.6) is 0 Å². The summed E-state index contributed by atoms with van der Waals surface area (Å²) in [7, 11) is -3.26. The first-order valence-corrected chi connectivity index (χ1v) is 9.49. The molecule has 1 heterocycles. The van der Waals surface area contributed by atoms with Crippen LogP contribution in [0, 0.1) is 0 Å². The molecule has 1 N–H and O–H groups in total. The predicted octanol–water partition coefficient (Wildman–Crippen LogP) is 2.79. The molecular weight excluding hydrogens is 318 g/mol. The van der Waals surface area contributed by atoms with Crippen LogP contribution in [0.4, 0.5) is 0 Å². The molecule has 0 aliphatic rings. The van der Waals surface area contributed by atoms with Gasteiger partial charge in [-0.05, 0) is 53.9 Å². The summed E-state index contributed by atoms with van der Waals surface area (Å²) in [5, 5.41) is 6.35. The van der Waals surface area contributed by atoms with Crippen LogP contribution in [0.25, 0.3) is 0 Å². The molecule has 0 saturated heterocycles. The van der Waals surface area contributed by atoms with Crippen molar-refractivity contribution in [2.45, 2.75) is 37.0 Å². The number of nitrogens with one attached hydrogen (secondary N) is 1. The van der Waals surface area contributed by atoms with Crippen molar-refractivity contribution in [1.82, 2.24) is 5.32 Å². The molecule has 1 aromatic heterocycles. The number of hydrogen-bond donors (Lipinski definition) is 1. The number of rotatable bonds is 6. The van der Waals surface area contributed by atoms with Gasteiger partial charge in [-0.25, -0.2) is 8.42 Å². The minimum absolute atomic E-state index is 0.0781. The van der Waals surface area contributed by atoms with Crippen molar-refractivity contribution >= 4 is 27.1 Å². The molecule has 0 spiro atoms. The molecule has 0 aliphatic heterocycles. The van der Waals surface area contributed by atoms with Gasteiger partial charge < -0.3 is 5.32 Å². The second-order valence-electron chi connectivity index (χ2n) is 5.32. The first-order valence-electron chi connectivity index (χ1n) is 7.00. The lowest BCUT2D eigenvalue weighted by atomic mass is 10.1. The normalized spacial score (nSPS) is 11.6. The lowest BCUT2D eigenvalue weighted by Crippen LogP contribution is -2.24. The SMILES string of the molecule is CC(C)S(=O)(=O)c1ccc(CC(=O)NCc2ccsc2)cc1. The van der Waals surface area contributed by atoms with Crippen molar-refractivity contribution in [3.63, 3.8) is 0 Å². The highest BCUT2D eigenvalue weighted by Gasteiger charge is 2.18. The van der Waals surface area contributed by atoms with Crippen LogP contribution in [0.1, 0.15) is 25.0 Å². The Hall–Kier alpha value is -1.66. The Morgan fingerprint density at radius 1 is 1.14 bits per heavy atom. The van der Waals surface area contributed by atoms with Crippen LogP contribution in [-0.4, -0.2) is 19.6 Å². The van der Waals surface area contributed by atoms with Crippen LogP contribution >= 0.6 is 11.3 Å². The molecule has 0 fully saturated rings. The summed E-state index contributed by atoms with van der Waals surface area (Å²) in [6, 6.07) is 8.49. The Labute approximate surface area is 135 Å². The van der Waals surface area contributed by atoms with Gasteiger partial charge in [-0.1, -0.05) is 12.1 Å². The number of benzene rings is 1. The van der Waals surface area contributed by atoms with Gasteiger partial charge in [0.15, 0.2) is 9.84 Å². The minimum Gasteiger partial charge on any atom is -0.352 e. The van der Waals surface area contributed by atoms with E-state index in [2.05, 4.69) is 5.32 Å². The average molecular weight is 337 g/mol. The van der Waals surface area contributed by atoms with Gasteiger partial charge >= 0.3 is 0 Å². The molecular formula is C16H19NO3S2. The van der Waals surface area contributed by atoms with E-state index in [9.17, 15) is 13.2 Å². The minimum atomic E-state index is -3.26. The zero-order chi connectivity index (χ0) is 16.2. The third-order valence-corrected chi connectivity index (χ3v) is 6.21. The van der Waals surface area contributed by atoms with E-state index in [1.54, 1.807) is 49.4 Å². The van der Waals surface area contributed by atoms with E-state index in [4.69, 9.17) is 0 Å². The number of sulfone groups is 1. The van der Waals surface area contributed by atoms with Crippen LogP contribution in [0.15, 0.2) is 46.0 Å². The van der Waals surface area contributed by atoms with E-state index < -0.39 is 15.1 Å². The molecule has 0 bridgehead atoms. The van der Waals surface area contributed by atoms with Crippen LogP contribution in [0.2, 0.25) is 0 Å². The Kier molecular flexibility index (Phi) is 5.37. The zero-order valence-corrected chi connectivity index (χ0v) is 14.2. The molecule has 0 atom stereocenters. The van der Waals surface area contributed by atoms with Crippen molar-refractivity contribution in [2.75, 3.05) is 0 Å². The van der Waals surface area contributed by atoms with Crippen molar-refractivity contribution in [2.24, 2.45) is 0 Å². The standard InChI is InChI=1S/C16H19NO3S2/c1-12(2)22(19,20)15-5-3-13(4-6-15)9-16(18)17-10-14-7-8-21-11-14/h3-8,11-12H,9-10H2,1-2H3,(H,17,18). The Morgan fingerprint density at radius 3 is 2.36 bits per heavy atom. The lowest BCUT2D eigenvalue weighted by Gasteiger charge is -2.09. The fraction of sp³-hybridized carbons (Fsp3) is 0.312. The first kappa shape index (κ1) is 16.7. The van der Waals surface area contributed by atoms with Gasteiger partial charge in [0.25, 0.3) is 0 Å². The van der Waals surface area contributed by atoms with Crippen molar-refractivity contribution in [3.05, 3.63) is 52.2 Å². The molecule has 2 rings (SSSR count). The fourth-order valence-corrected chi connectivity index (χ4v) is 3.64. The van der Waals surface area contributed by atoms with Gasteiger partial charge in [-0.15, -0.1) is 0 Å². The molecule has 0 radical (unpaired) electrons. The zero-order valence-electron chi connectivity index (χ0n) is 12.6. The number of carbonyl (C=O) groups excluding carboxylic acids is 1. The predicted molar refractivity (Wildman–Crippen MR) is 88.6 cm³/mol. The molecule has 1 aromatic carbocycles. The number of amides is 1. The van der Waals surface area contributed by atoms with E-state index in [1.807, 2.05) is 16.8 Å². The number of thiophene rings is 1. The van der Waals surface area contributed by atoms with Crippen molar-refractivity contribution in [3.8, 4) is 0 Å². The maximum atomic E-state index is 12.0. The highest BCUT2D eigenvalue weighted by atomic mass is 32.2. The van der Waals surface area contributed by atoms with Crippen LogP contribution in [-0.2, 0) is 27.6 Å². The second-order valence-corrected chi connectivity index (χ2v) is 8.61. The van der Waals surface area contributed by atoms with Crippen molar-refractivity contribution in [1.29, 1.82) is 0 Å². The van der Waals surface area contributed by atoms with Gasteiger partial charge in [0.2, 0.25) is 5.91 Å². The van der Waals surface area contributed by atoms with Crippen LogP contribution in [0.3, 0.4) is 0 Å². The molecule has 22 heavy (non-hydrogen) atoms. The number of hydrogen-bond acceptors (Lipinski definition) is 4. The summed E-state index contributed by atoms with van der Waals surface area (Å²) < 4.78 is 24.0. The largest absolute Gasteiger partial charge is 0.352 e. The van der Waals surface area contributed by atoms with Gasteiger partial charge in [-0.2, -0.15) is 11.3 Å². The topological polar surface area (TPSA) is 63.2 Å². The first-order chi connectivity index (χ1) is 10.4. The quantitative estimate of drug-likeness (QED) is 0.881. The Morgan fingerprint density at radius 2 is 1.82 bits per heavy atom. The lowest BCUT2D eigenvalue weighted by molar-refractivity contribution is -0.120. The Balaban J connectivity index is 1.95. The summed E-state index contributed by atoms with van der Waals surface area (Å²) in [6.07, 6.45) is 0.242. The van der Waals surface area contributed by atoms with Crippen molar-refractivity contribution < 1.29 is 13.2 Å². The maximum Gasteiger partial charge on any atom is 0.224 e. The van der Waals surface area contributed by atoms with E-state index in [-0.39, 0.29) is 12.3 Å². The molecule has 4 nitrogen and oxygen atoms in total. The summed E-state index contributed by atoms with van der Waals surface area (Å²) in [6.45, 7) is 3.82. The molecule has 1 amide bonds. The molecule has 0 unspecified atom stereocenters. The smallest absolute Gasteiger partial charge is 0.224 e. The highest BCUT2D eigenvalue weighted by Crippen LogP contribution is 2.16. The third kappa shape index (κ3) is 4.18. The second kappa shape index (κ2) is 7.07. The molecule has 0 saturated carbocycles. The van der Waals surface area contributed by atoms with E-state index in [0.717, 1.165) is 11.1 Å². The van der Waals surface area contributed by atoms with Gasteiger partial charge in [0, 0.05) is 6.54 Å². The molecule has 118 valence electrons. The van der Waals surface area contributed by atoms with Crippen LogP contribution < -0.4 is 5.32 Å². The average Bonchev–Trinajstić information content (AvgIpc) is 2.99. The molecule has 0 aliphatic carbocycles. The highest BCUT2D eigenvalue weighted by molar-refractivity contribution is 7.92. The monoisotopic (exact) mass is 337 g/mol. The third-order valence-electron chi connectivity index (χ3n) is 3.31. The van der Waals surface area contributed by atoms with Gasteiger partial charge in [0.1, 0.15) is 0 Å². The number of carbonyl (C=O) groups is 1. The van der Waals surface area contributed by atoms with Gasteiger partial charge in [0.05, 0.1) is 16.6 Å². The van der Waals surface area contributed by atoms with E-state index >= 15 is 0 Å². The summed E-state index contributed by atoms with van der Waals surface area (Å²) in [4.78, 5) is 12.2. The summed E-state index contributed by atoms with van der Waals surface area (Å²) >= 11 is 1.59.